The van der Waals surface area contributed by atoms with E-state index in [1.807, 2.05) is 10.6 Å². The Balaban J connectivity index is 2.03. The van der Waals surface area contributed by atoms with Crippen molar-refractivity contribution in [3.05, 3.63) is 42.2 Å². The third-order valence-electron chi connectivity index (χ3n) is 3.59. The number of nitrogens with zero attached hydrogens (tertiary/aromatic N) is 3. The minimum absolute atomic E-state index is 0.0280. The minimum Gasteiger partial charge on any atom is -0.359 e. The van der Waals surface area contributed by atoms with E-state index in [1.54, 1.807) is 0 Å². The minimum atomic E-state index is -4.59. The Morgan fingerprint density at radius 2 is 1.34 bits per heavy atom. The Morgan fingerprint density at radius 1 is 0.724 bits per heavy atom. The Bertz CT molecular complexity index is 1000. The molecule has 2 N–H and O–H groups in total. The Kier molecular flexibility index (Phi) is 5.44. The third-order valence-corrected chi connectivity index (χ3v) is 3.59. The lowest BCUT2D eigenvalue weighted by Crippen LogP contribution is -2.24. The molecule has 154 valence electrons. The van der Waals surface area contributed by atoms with Crippen LogP contribution < -0.4 is 10.6 Å². The van der Waals surface area contributed by atoms with E-state index >= 15 is 0 Å². The van der Waals surface area contributed by atoms with E-state index in [0.29, 0.717) is 11.3 Å². The second-order valence-corrected chi connectivity index (χ2v) is 5.90. The monoisotopic (exact) mass is 419 g/mol. The van der Waals surface area contributed by atoms with Crippen molar-refractivity contribution in [2.75, 3.05) is 23.7 Å². The summed E-state index contributed by atoms with van der Waals surface area (Å²) in [5.41, 5.74) is 0.732. The molecule has 0 radical (unpaired) electrons. The summed E-state index contributed by atoms with van der Waals surface area (Å²) in [6, 6.07) is 8.05. The zero-order chi connectivity index (χ0) is 21.2. The number of hydrogen-bond donors (Lipinski definition) is 2. The number of halogens is 7. The van der Waals surface area contributed by atoms with Gasteiger partial charge in [0.25, 0.3) is 0 Å². The molecule has 0 atom stereocenters. The van der Waals surface area contributed by atoms with Crippen molar-refractivity contribution in [2.45, 2.75) is 12.4 Å². The van der Waals surface area contributed by atoms with Gasteiger partial charge in [0.2, 0.25) is 5.95 Å². The number of aromatic nitrogens is 3. The van der Waals surface area contributed by atoms with Crippen LogP contribution in [-0.4, -0.2) is 40.4 Å². The molecule has 3 aromatic rings. The maximum atomic E-state index is 13.1. The average molecular weight is 419 g/mol. The molecule has 2 aromatic heterocycles. The molecule has 3 rings (SSSR count). The van der Waals surface area contributed by atoms with Crippen molar-refractivity contribution in [3.8, 4) is 11.3 Å². The number of alkyl halides is 6. The van der Waals surface area contributed by atoms with Gasteiger partial charge < -0.3 is 10.6 Å². The summed E-state index contributed by atoms with van der Waals surface area (Å²) in [7, 11) is 0. The van der Waals surface area contributed by atoms with Crippen LogP contribution in [0.5, 0.6) is 0 Å². The number of fused-ring (bicyclic) bond motifs is 1. The smallest absolute Gasteiger partial charge is 0.359 e. The molecule has 1 aromatic carbocycles. The van der Waals surface area contributed by atoms with E-state index in [4.69, 9.17) is 0 Å². The van der Waals surface area contributed by atoms with Crippen LogP contribution >= 0.6 is 0 Å². The van der Waals surface area contributed by atoms with Gasteiger partial charge in [-0.25, -0.2) is 14.4 Å². The molecule has 0 spiro atoms. The van der Waals surface area contributed by atoms with Crippen molar-refractivity contribution in [1.82, 2.24) is 15.0 Å². The highest BCUT2D eigenvalue weighted by Crippen LogP contribution is 2.27. The summed E-state index contributed by atoms with van der Waals surface area (Å²) in [5.74, 6) is -1.37. The first-order chi connectivity index (χ1) is 13.5. The van der Waals surface area contributed by atoms with E-state index in [9.17, 15) is 30.7 Å². The topological polar surface area (TPSA) is 62.7 Å². The number of nitrogens with one attached hydrogen (secondary N) is 2. The van der Waals surface area contributed by atoms with Gasteiger partial charge in [0.05, 0.1) is 11.2 Å². The average Bonchev–Trinajstić information content (AvgIpc) is 2.63. The Labute approximate surface area is 159 Å². The molecular weight excluding hydrogens is 407 g/mol. The zero-order valence-electron chi connectivity index (χ0n) is 14.4. The maximum absolute atomic E-state index is 13.1. The quantitative estimate of drug-likeness (QED) is 0.583. The molecule has 5 nitrogen and oxygen atoms in total. The van der Waals surface area contributed by atoms with Crippen molar-refractivity contribution in [2.24, 2.45) is 0 Å². The second kappa shape index (κ2) is 7.68. The first-order valence-electron chi connectivity index (χ1n) is 8.06. The van der Waals surface area contributed by atoms with Crippen LogP contribution in [0.25, 0.3) is 22.3 Å². The molecule has 0 aliphatic heterocycles. The summed E-state index contributed by atoms with van der Waals surface area (Å²) >= 11 is 0. The van der Waals surface area contributed by atoms with Crippen LogP contribution in [0.1, 0.15) is 0 Å². The van der Waals surface area contributed by atoms with E-state index in [2.05, 4.69) is 15.0 Å². The number of hydrogen-bond acceptors (Lipinski definition) is 5. The highest BCUT2D eigenvalue weighted by atomic mass is 19.4. The second-order valence-electron chi connectivity index (χ2n) is 5.90. The summed E-state index contributed by atoms with van der Waals surface area (Å²) in [5, 5.41) is 3.96. The molecule has 0 aliphatic rings. The van der Waals surface area contributed by atoms with Gasteiger partial charge in [-0.2, -0.15) is 31.3 Å². The lowest BCUT2D eigenvalue weighted by atomic mass is 10.1. The first kappa shape index (κ1) is 20.6. The molecule has 0 aliphatic carbocycles. The summed E-state index contributed by atoms with van der Waals surface area (Å²) in [6.45, 7) is -2.93. The lowest BCUT2D eigenvalue weighted by molar-refractivity contribution is -0.115. The molecule has 0 amide bonds. The fraction of sp³-hybridized carbons (Fsp3) is 0.235. The summed E-state index contributed by atoms with van der Waals surface area (Å²) in [4.78, 5) is 11.8. The molecule has 0 saturated heterocycles. The number of anilines is 2. The van der Waals surface area contributed by atoms with E-state index in [1.165, 1.54) is 36.4 Å². The van der Waals surface area contributed by atoms with Gasteiger partial charge in [-0.15, -0.1) is 0 Å². The third kappa shape index (κ3) is 5.65. The molecule has 2 heterocycles. The van der Waals surface area contributed by atoms with Gasteiger partial charge >= 0.3 is 12.4 Å². The van der Waals surface area contributed by atoms with Crippen molar-refractivity contribution in [3.63, 3.8) is 0 Å². The highest BCUT2D eigenvalue weighted by molar-refractivity contribution is 5.88. The fourth-order valence-corrected chi connectivity index (χ4v) is 2.36. The molecule has 0 saturated carbocycles. The number of rotatable bonds is 5. The van der Waals surface area contributed by atoms with Gasteiger partial charge in [-0.1, -0.05) is 0 Å². The summed E-state index contributed by atoms with van der Waals surface area (Å²) < 4.78 is 88.1. The van der Waals surface area contributed by atoms with Crippen LogP contribution in [0.15, 0.2) is 36.4 Å². The standard InChI is InChI=1S/C17H12F7N5/c18-10-3-1-9(2-4-10)11-5-6-12-13(27-11)14(25-7-16(19,20)21)29-15(28-12)26-8-17(22,23)24/h1-6H,7-8H2,(H2,25,26,28,29). The molecular formula is C17H12F7N5. The SMILES string of the molecule is Fc1ccc(-c2ccc3nc(NCC(F)(F)F)nc(NCC(F)(F)F)c3n2)cc1. The molecule has 0 fully saturated rings. The van der Waals surface area contributed by atoms with Crippen LogP contribution in [0.3, 0.4) is 0 Å². The number of pyridine rings is 1. The Morgan fingerprint density at radius 3 is 1.97 bits per heavy atom. The van der Waals surface area contributed by atoms with Crippen LogP contribution in [0.2, 0.25) is 0 Å². The highest BCUT2D eigenvalue weighted by Gasteiger charge is 2.29. The molecule has 0 unspecified atom stereocenters. The van der Waals surface area contributed by atoms with E-state index < -0.39 is 37.2 Å². The van der Waals surface area contributed by atoms with E-state index in [0.717, 1.165) is 0 Å². The van der Waals surface area contributed by atoms with Gasteiger partial charge in [0, 0.05) is 5.56 Å². The van der Waals surface area contributed by atoms with Crippen molar-refractivity contribution in [1.29, 1.82) is 0 Å². The zero-order valence-corrected chi connectivity index (χ0v) is 14.4. The fourth-order valence-electron chi connectivity index (χ4n) is 2.36. The predicted octanol–water partition coefficient (Wildman–Crippen LogP) is 4.78. The molecule has 0 bridgehead atoms. The van der Waals surface area contributed by atoms with Gasteiger partial charge in [0.15, 0.2) is 5.82 Å². The largest absolute Gasteiger partial charge is 0.405 e. The normalized spacial score (nSPS) is 12.2. The van der Waals surface area contributed by atoms with Crippen LogP contribution in [0, 0.1) is 5.82 Å². The predicted molar refractivity (Wildman–Crippen MR) is 91.8 cm³/mol. The first-order valence-corrected chi connectivity index (χ1v) is 8.06. The van der Waals surface area contributed by atoms with Crippen LogP contribution in [0.4, 0.5) is 42.5 Å². The molecule has 29 heavy (non-hydrogen) atoms. The number of benzene rings is 1. The van der Waals surface area contributed by atoms with Gasteiger partial charge in [-0.3, -0.25) is 0 Å². The molecule has 12 heteroatoms. The van der Waals surface area contributed by atoms with Gasteiger partial charge in [0.1, 0.15) is 24.4 Å². The van der Waals surface area contributed by atoms with Crippen LogP contribution in [-0.2, 0) is 0 Å². The van der Waals surface area contributed by atoms with Crippen molar-refractivity contribution < 1.29 is 30.7 Å². The van der Waals surface area contributed by atoms with E-state index in [-0.39, 0.29) is 16.9 Å². The summed E-state index contributed by atoms with van der Waals surface area (Å²) in [6.07, 6.45) is -9.16. The van der Waals surface area contributed by atoms with Crippen molar-refractivity contribution >= 4 is 22.8 Å². The Hall–Kier alpha value is -3.18. The van der Waals surface area contributed by atoms with Gasteiger partial charge in [-0.05, 0) is 36.4 Å². The maximum Gasteiger partial charge on any atom is 0.405 e. The lowest BCUT2D eigenvalue weighted by Gasteiger charge is -2.14.